The number of benzene rings is 1. The number of anilines is 1. The zero-order valence-electron chi connectivity index (χ0n) is 18.0. The van der Waals surface area contributed by atoms with Gasteiger partial charge in [0.25, 0.3) is 0 Å². The number of hydrogen-bond donors (Lipinski definition) is 1. The van der Waals surface area contributed by atoms with Crippen LogP contribution in [0.5, 0.6) is 11.5 Å². The van der Waals surface area contributed by atoms with Gasteiger partial charge in [0, 0.05) is 44.9 Å². The Kier molecular flexibility index (Phi) is 6.41. The Morgan fingerprint density at radius 2 is 1.97 bits per heavy atom. The lowest BCUT2D eigenvalue weighted by Gasteiger charge is -2.38. The molecule has 1 N–H and O–H groups in total. The van der Waals surface area contributed by atoms with Crippen molar-refractivity contribution in [3.05, 3.63) is 36.0 Å². The lowest BCUT2D eigenvalue weighted by atomic mass is 10.1. The molecule has 2 aromatic rings. The van der Waals surface area contributed by atoms with Crippen LogP contribution in [0.25, 0.3) is 0 Å². The first kappa shape index (κ1) is 21.2. The summed E-state index contributed by atoms with van der Waals surface area (Å²) in [7, 11) is 1.91. The number of nitrogens with one attached hydrogen (secondary N) is 1. The van der Waals surface area contributed by atoms with Crippen LogP contribution in [0.3, 0.4) is 0 Å². The Hall–Kier alpha value is -3.07. The fourth-order valence-corrected chi connectivity index (χ4v) is 3.85. The van der Waals surface area contributed by atoms with Crippen LogP contribution < -0.4 is 14.8 Å². The largest absolute Gasteiger partial charge is 0.486 e. The summed E-state index contributed by atoms with van der Waals surface area (Å²) < 4.78 is 12.9. The highest BCUT2D eigenvalue weighted by Gasteiger charge is 2.32. The minimum absolute atomic E-state index is 0.0519. The molecule has 0 saturated carbocycles. The number of piperazine rings is 1. The van der Waals surface area contributed by atoms with Gasteiger partial charge in [-0.15, -0.1) is 0 Å². The van der Waals surface area contributed by atoms with E-state index >= 15 is 0 Å². The molecule has 0 aliphatic carbocycles. The summed E-state index contributed by atoms with van der Waals surface area (Å²) in [5.41, 5.74) is 1.03. The van der Waals surface area contributed by atoms with Crippen molar-refractivity contribution in [2.45, 2.75) is 32.4 Å². The van der Waals surface area contributed by atoms with Gasteiger partial charge in [0.1, 0.15) is 19.3 Å². The lowest BCUT2D eigenvalue weighted by Crippen LogP contribution is -2.57. The molecule has 2 aliphatic heterocycles. The summed E-state index contributed by atoms with van der Waals surface area (Å²) in [6, 6.07) is 7.18. The van der Waals surface area contributed by atoms with Crippen LogP contribution in [0.4, 0.5) is 5.82 Å². The molecule has 31 heavy (non-hydrogen) atoms. The molecule has 0 spiro atoms. The van der Waals surface area contributed by atoms with E-state index in [-0.39, 0.29) is 11.8 Å². The number of fused-ring (bicyclic) bond motifs is 1. The normalized spacial score (nSPS) is 18.6. The van der Waals surface area contributed by atoms with Crippen molar-refractivity contribution in [2.24, 2.45) is 0 Å². The van der Waals surface area contributed by atoms with Gasteiger partial charge in [0.05, 0.1) is 0 Å². The molecule has 1 fully saturated rings. The molecule has 1 saturated heterocycles. The molecule has 166 valence electrons. The average Bonchev–Trinajstić information content (AvgIpc) is 3.25. The number of rotatable bonds is 6. The first-order chi connectivity index (χ1) is 15.0. The number of carbonyl (C=O) groups excluding carboxylic acids is 2. The highest BCUT2D eigenvalue weighted by atomic mass is 16.6. The fourth-order valence-electron chi connectivity index (χ4n) is 3.85. The molecule has 2 aliphatic rings. The number of likely N-dealkylation sites (N-methyl/N-ethyl adjacent to an activating group) is 1. The van der Waals surface area contributed by atoms with Gasteiger partial charge < -0.3 is 19.7 Å². The van der Waals surface area contributed by atoms with Crippen LogP contribution in [0.1, 0.15) is 18.9 Å². The van der Waals surface area contributed by atoms with E-state index in [1.807, 2.05) is 43.3 Å². The standard InChI is InChI=1S/C22H29N5O4/c1-3-27-9-8-20(24-27)23-22(29)17-15-26(11-10-25(17)2)21(28)7-5-16-4-6-18-19(14-16)31-13-12-30-18/h4,6,8-9,14,17H,3,5,7,10-13,15H2,1-2H3,(H,23,24,29)/t17-/m0/s1. The van der Waals surface area contributed by atoms with E-state index in [9.17, 15) is 9.59 Å². The molecule has 1 atom stereocenters. The highest BCUT2D eigenvalue weighted by molar-refractivity contribution is 5.94. The van der Waals surface area contributed by atoms with E-state index in [1.165, 1.54) is 0 Å². The predicted octanol–water partition coefficient (Wildman–Crippen LogP) is 1.39. The maximum absolute atomic E-state index is 12.8. The van der Waals surface area contributed by atoms with Gasteiger partial charge in [-0.2, -0.15) is 5.10 Å². The Morgan fingerprint density at radius 3 is 2.74 bits per heavy atom. The molecule has 3 heterocycles. The predicted molar refractivity (Wildman–Crippen MR) is 115 cm³/mol. The van der Waals surface area contributed by atoms with Crippen molar-refractivity contribution in [1.29, 1.82) is 0 Å². The molecule has 4 rings (SSSR count). The fraction of sp³-hybridized carbons (Fsp3) is 0.500. The molecule has 0 unspecified atom stereocenters. The summed E-state index contributed by atoms with van der Waals surface area (Å²) >= 11 is 0. The second kappa shape index (κ2) is 9.38. The maximum atomic E-state index is 12.8. The third-order valence-electron chi connectivity index (χ3n) is 5.75. The lowest BCUT2D eigenvalue weighted by molar-refractivity contribution is -0.136. The Labute approximate surface area is 181 Å². The first-order valence-corrected chi connectivity index (χ1v) is 10.7. The minimum Gasteiger partial charge on any atom is -0.486 e. The van der Waals surface area contributed by atoms with Crippen molar-refractivity contribution in [1.82, 2.24) is 19.6 Å². The molecule has 2 amide bonds. The third-order valence-corrected chi connectivity index (χ3v) is 5.75. The quantitative estimate of drug-likeness (QED) is 0.750. The Bertz CT molecular complexity index is 944. The first-order valence-electron chi connectivity index (χ1n) is 10.7. The maximum Gasteiger partial charge on any atom is 0.244 e. The summed E-state index contributed by atoms with van der Waals surface area (Å²) in [5.74, 6) is 1.92. The summed E-state index contributed by atoms with van der Waals surface area (Å²) in [6.45, 7) is 5.47. The zero-order chi connectivity index (χ0) is 21.8. The van der Waals surface area contributed by atoms with Crippen molar-refractivity contribution in [3.63, 3.8) is 0 Å². The number of aryl methyl sites for hydroxylation is 2. The second-order valence-corrected chi connectivity index (χ2v) is 7.86. The Morgan fingerprint density at radius 1 is 1.16 bits per heavy atom. The van der Waals surface area contributed by atoms with Gasteiger partial charge in [-0.25, -0.2) is 0 Å². The van der Waals surface area contributed by atoms with Crippen molar-refractivity contribution in [3.8, 4) is 11.5 Å². The van der Waals surface area contributed by atoms with Gasteiger partial charge >= 0.3 is 0 Å². The zero-order valence-corrected chi connectivity index (χ0v) is 18.0. The van der Waals surface area contributed by atoms with E-state index in [4.69, 9.17) is 9.47 Å². The number of carbonyl (C=O) groups is 2. The van der Waals surface area contributed by atoms with Crippen molar-refractivity contribution < 1.29 is 19.1 Å². The number of hydrogen-bond acceptors (Lipinski definition) is 6. The number of aromatic nitrogens is 2. The van der Waals surface area contributed by atoms with Crippen LogP contribution in [-0.4, -0.2) is 77.3 Å². The Balaban J connectivity index is 1.32. The average molecular weight is 428 g/mol. The molecule has 0 radical (unpaired) electrons. The summed E-state index contributed by atoms with van der Waals surface area (Å²) in [5, 5.41) is 7.17. The van der Waals surface area contributed by atoms with Crippen LogP contribution in [0.15, 0.2) is 30.5 Å². The molecule has 1 aromatic heterocycles. The molecule has 9 heteroatoms. The molecular formula is C22H29N5O4. The van der Waals surface area contributed by atoms with E-state index < -0.39 is 6.04 Å². The summed E-state index contributed by atoms with van der Waals surface area (Å²) in [4.78, 5) is 29.4. The molecular weight excluding hydrogens is 398 g/mol. The van der Waals surface area contributed by atoms with Gasteiger partial charge in [0.2, 0.25) is 11.8 Å². The third kappa shape index (κ3) is 4.99. The van der Waals surface area contributed by atoms with E-state index in [2.05, 4.69) is 10.4 Å². The van der Waals surface area contributed by atoms with Crippen molar-refractivity contribution >= 4 is 17.6 Å². The topological polar surface area (TPSA) is 88.9 Å². The second-order valence-electron chi connectivity index (χ2n) is 7.86. The molecule has 9 nitrogen and oxygen atoms in total. The van der Waals surface area contributed by atoms with E-state index in [0.717, 1.165) is 23.6 Å². The highest BCUT2D eigenvalue weighted by Crippen LogP contribution is 2.31. The number of ether oxygens (including phenoxy) is 2. The van der Waals surface area contributed by atoms with Gasteiger partial charge in [0.15, 0.2) is 17.3 Å². The monoisotopic (exact) mass is 427 g/mol. The van der Waals surface area contributed by atoms with E-state index in [1.54, 1.807) is 15.6 Å². The number of nitrogens with zero attached hydrogens (tertiary/aromatic N) is 4. The van der Waals surface area contributed by atoms with Crippen LogP contribution in [-0.2, 0) is 22.6 Å². The minimum atomic E-state index is -0.404. The van der Waals surface area contributed by atoms with Gasteiger partial charge in [-0.1, -0.05) is 6.07 Å². The van der Waals surface area contributed by atoms with Crippen LogP contribution >= 0.6 is 0 Å². The van der Waals surface area contributed by atoms with E-state index in [0.29, 0.717) is 51.5 Å². The van der Waals surface area contributed by atoms with Gasteiger partial charge in [-0.05, 0) is 38.1 Å². The van der Waals surface area contributed by atoms with Gasteiger partial charge in [-0.3, -0.25) is 19.2 Å². The van der Waals surface area contributed by atoms with Crippen molar-refractivity contribution in [2.75, 3.05) is 45.2 Å². The van der Waals surface area contributed by atoms with Crippen LogP contribution in [0, 0.1) is 0 Å². The van der Waals surface area contributed by atoms with Crippen LogP contribution in [0.2, 0.25) is 0 Å². The SMILES string of the molecule is CCn1ccc(NC(=O)[C@@H]2CN(C(=O)CCc3ccc4c(c3)OCCO4)CCN2C)n1. The molecule has 0 bridgehead atoms. The number of amides is 2. The molecule has 1 aromatic carbocycles. The smallest absolute Gasteiger partial charge is 0.244 e. The summed E-state index contributed by atoms with van der Waals surface area (Å²) in [6.07, 6.45) is 2.83.